The van der Waals surface area contributed by atoms with Gasteiger partial charge in [0.2, 0.25) is 11.8 Å². The first-order valence-electron chi connectivity index (χ1n) is 18.1. The summed E-state index contributed by atoms with van der Waals surface area (Å²) in [5.41, 5.74) is 2.23. The van der Waals surface area contributed by atoms with Crippen molar-refractivity contribution in [2.45, 2.75) is 53.9 Å². The summed E-state index contributed by atoms with van der Waals surface area (Å²) in [6.07, 6.45) is 3.22. The summed E-state index contributed by atoms with van der Waals surface area (Å²) < 4.78 is 14.0. The molecule has 9 rings (SSSR count). The van der Waals surface area contributed by atoms with E-state index >= 15 is 0 Å². The minimum atomic E-state index is -2.15. The normalized spacial score (nSPS) is 30.4. The van der Waals surface area contributed by atoms with E-state index in [4.69, 9.17) is 23.2 Å². The van der Waals surface area contributed by atoms with E-state index in [1.54, 1.807) is 12.1 Å². The number of allylic oxidation sites excluding steroid dienone is 2. The maximum Gasteiger partial charge on any atom is 0.258 e. The molecule has 1 N–H and O–H groups in total. The molecule has 0 aromatic heterocycles. The molecule has 0 bridgehead atoms. The van der Waals surface area contributed by atoms with Crippen LogP contribution in [0.5, 0.6) is 5.75 Å². The van der Waals surface area contributed by atoms with Gasteiger partial charge in [-0.1, -0.05) is 72.3 Å². The molecular weight excluding hydrogens is 716 g/mol. The van der Waals surface area contributed by atoms with Crippen molar-refractivity contribution in [2.24, 2.45) is 17.8 Å². The van der Waals surface area contributed by atoms with Crippen LogP contribution >= 0.6 is 23.2 Å². The van der Waals surface area contributed by atoms with Crippen molar-refractivity contribution in [3.63, 3.8) is 0 Å². The summed E-state index contributed by atoms with van der Waals surface area (Å²) in [4.78, 5) is 58.8. The first-order valence-corrected chi connectivity index (χ1v) is 18.8. The average Bonchev–Trinajstić information content (AvgIpc) is 3.50. The lowest BCUT2D eigenvalue weighted by Gasteiger charge is -2.51. The molecular formula is C42H36Cl2FN3O5. The van der Waals surface area contributed by atoms with Crippen LogP contribution in [0, 0.1) is 23.6 Å². The minimum Gasteiger partial charge on any atom is -0.508 e. The predicted octanol–water partition coefficient (Wildman–Crippen LogP) is 6.91. The van der Waals surface area contributed by atoms with Gasteiger partial charge in [-0.05, 0) is 78.3 Å². The summed E-state index contributed by atoms with van der Waals surface area (Å²) in [7, 11) is 0. The Morgan fingerprint density at radius 3 is 2.23 bits per heavy atom. The molecule has 4 aromatic rings. The van der Waals surface area contributed by atoms with E-state index in [9.17, 15) is 28.7 Å². The number of likely N-dealkylation sites (tertiary alicyclic amines) is 2. The van der Waals surface area contributed by atoms with E-state index in [0.29, 0.717) is 29.4 Å². The van der Waals surface area contributed by atoms with Crippen molar-refractivity contribution in [2.75, 3.05) is 18.0 Å². The van der Waals surface area contributed by atoms with Crippen molar-refractivity contribution in [3.8, 4) is 5.75 Å². The van der Waals surface area contributed by atoms with Gasteiger partial charge in [0.1, 0.15) is 11.6 Å². The molecule has 1 saturated carbocycles. The lowest BCUT2D eigenvalue weighted by Crippen LogP contribution is -2.60. The molecule has 2 aliphatic carbocycles. The number of aromatic hydroxyl groups is 1. The molecule has 53 heavy (non-hydrogen) atoms. The van der Waals surface area contributed by atoms with Gasteiger partial charge in [-0.3, -0.25) is 29.0 Å². The van der Waals surface area contributed by atoms with Gasteiger partial charge in [0, 0.05) is 37.2 Å². The first kappa shape index (κ1) is 34.2. The Bertz CT molecular complexity index is 2220. The van der Waals surface area contributed by atoms with Gasteiger partial charge >= 0.3 is 0 Å². The molecule has 0 spiro atoms. The van der Waals surface area contributed by atoms with Crippen LogP contribution in [0.3, 0.4) is 0 Å². The van der Waals surface area contributed by atoms with Gasteiger partial charge in [-0.15, -0.1) is 23.2 Å². The number of halogens is 3. The van der Waals surface area contributed by atoms with Crippen LogP contribution in [0.15, 0.2) is 103 Å². The molecule has 6 atom stereocenters. The molecule has 4 amide bonds. The number of hydrogen-bond donors (Lipinski definition) is 1. The maximum absolute atomic E-state index is 14.8. The molecule has 4 aromatic carbocycles. The summed E-state index contributed by atoms with van der Waals surface area (Å²) >= 11 is 15.1. The highest BCUT2D eigenvalue weighted by Crippen LogP contribution is 2.67. The number of rotatable bonds is 5. The molecule has 3 saturated heterocycles. The van der Waals surface area contributed by atoms with Gasteiger partial charge < -0.3 is 5.11 Å². The number of imide groups is 2. The minimum absolute atomic E-state index is 0.100. The number of phenols is 1. The lowest BCUT2D eigenvalue weighted by molar-refractivity contribution is -0.144. The van der Waals surface area contributed by atoms with Crippen LogP contribution in [0.2, 0.25) is 0 Å². The molecule has 8 nitrogen and oxygen atoms in total. The molecule has 4 fully saturated rings. The summed E-state index contributed by atoms with van der Waals surface area (Å²) in [6, 6.07) is 25.5. The fourth-order valence-electron chi connectivity index (χ4n) is 9.86. The standard InChI is InChI=1S/C42H36Cl2FN3O5/c43-41-22-32-30(15-16-31-34(32)38(51)47(37(31)50)28-18-20-46(21-19-28)23-24-6-2-1-3-7-24)36(35-29-9-5-4-8-25(29)10-17-33(35)49)42(41,44)40(53)48(39(41)52)27-13-11-26(45)12-14-27/h1-15,17,28,31-32,34,36,49H,16,18-23H2/t31-,32+,34-,36+,41+,42-/m0/s1. The van der Waals surface area contributed by atoms with Crippen LogP contribution in [0.1, 0.15) is 42.7 Å². The Kier molecular flexibility index (Phi) is 8.07. The second kappa shape index (κ2) is 12.5. The smallest absolute Gasteiger partial charge is 0.258 e. The molecule has 0 radical (unpaired) electrons. The van der Waals surface area contributed by atoms with Crippen molar-refractivity contribution >= 4 is 63.3 Å². The van der Waals surface area contributed by atoms with E-state index in [1.807, 2.05) is 42.5 Å². The number of fused-ring (bicyclic) bond motifs is 5. The quantitative estimate of drug-likeness (QED) is 0.135. The van der Waals surface area contributed by atoms with Crippen LogP contribution in [-0.4, -0.2) is 67.4 Å². The van der Waals surface area contributed by atoms with Crippen molar-refractivity contribution in [3.05, 3.63) is 120 Å². The van der Waals surface area contributed by atoms with Crippen LogP contribution in [0.25, 0.3) is 10.8 Å². The number of anilines is 1. The third-order valence-electron chi connectivity index (χ3n) is 12.3. The van der Waals surface area contributed by atoms with Crippen molar-refractivity contribution < 1.29 is 28.7 Å². The van der Waals surface area contributed by atoms with Crippen molar-refractivity contribution in [1.82, 2.24) is 9.80 Å². The highest BCUT2D eigenvalue weighted by atomic mass is 35.5. The number of alkyl halides is 2. The molecule has 3 aliphatic heterocycles. The van der Waals surface area contributed by atoms with Crippen LogP contribution < -0.4 is 4.90 Å². The Morgan fingerprint density at radius 1 is 0.792 bits per heavy atom. The maximum atomic E-state index is 14.8. The van der Waals surface area contributed by atoms with Gasteiger partial charge in [-0.25, -0.2) is 9.29 Å². The first-order chi connectivity index (χ1) is 25.5. The molecule has 3 heterocycles. The Morgan fingerprint density at radius 2 is 1.49 bits per heavy atom. The third-order valence-corrected chi connectivity index (χ3v) is 13.8. The number of amides is 4. The SMILES string of the molecule is O=C1[C@H]2[C@H](CC=C3[C@H]2C[C@@]2(Cl)C(=O)N(c4ccc(F)cc4)C(=O)[C@@]2(Cl)[C@H]3c2c(O)ccc3ccccc23)C(=O)N1C1CCN(Cc2ccccc2)CC1. The zero-order chi connectivity index (χ0) is 36.8. The highest BCUT2D eigenvalue weighted by molar-refractivity contribution is 6.58. The molecule has 11 heteroatoms. The summed E-state index contributed by atoms with van der Waals surface area (Å²) in [5, 5.41) is 13.0. The van der Waals surface area contributed by atoms with E-state index in [1.165, 1.54) is 28.7 Å². The van der Waals surface area contributed by atoms with Crippen LogP contribution in [0.4, 0.5) is 10.1 Å². The Labute approximate surface area is 315 Å². The zero-order valence-corrected chi connectivity index (χ0v) is 30.1. The number of benzene rings is 4. The molecule has 270 valence electrons. The van der Waals surface area contributed by atoms with E-state index in [2.05, 4.69) is 17.0 Å². The third kappa shape index (κ3) is 4.96. The summed E-state index contributed by atoms with van der Waals surface area (Å²) in [5.74, 6) is -6.19. The zero-order valence-electron chi connectivity index (χ0n) is 28.6. The predicted molar refractivity (Wildman–Crippen MR) is 199 cm³/mol. The molecule has 5 aliphatic rings. The van der Waals surface area contributed by atoms with Gasteiger partial charge in [0.25, 0.3) is 11.8 Å². The van der Waals surface area contributed by atoms with E-state index in [0.717, 1.165) is 42.1 Å². The number of nitrogens with zero attached hydrogens (tertiary/aromatic N) is 3. The topological polar surface area (TPSA) is 98.2 Å². The number of phenolic OH excluding ortho intramolecular Hbond substituents is 1. The van der Waals surface area contributed by atoms with E-state index in [-0.39, 0.29) is 42.1 Å². The summed E-state index contributed by atoms with van der Waals surface area (Å²) in [6.45, 7) is 2.26. The van der Waals surface area contributed by atoms with E-state index < -0.39 is 51.1 Å². The molecule has 0 unspecified atom stereocenters. The Hall–Kier alpha value is -4.57. The largest absolute Gasteiger partial charge is 0.508 e. The van der Waals surface area contributed by atoms with Crippen molar-refractivity contribution in [1.29, 1.82) is 0 Å². The fourth-order valence-corrected chi connectivity index (χ4v) is 10.8. The number of hydrogen-bond acceptors (Lipinski definition) is 6. The second-order valence-electron chi connectivity index (χ2n) is 15.0. The number of piperidine rings is 1. The highest BCUT2D eigenvalue weighted by Gasteiger charge is 2.77. The Balaban J connectivity index is 1.12. The van der Waals surface area contributed by atoms with Gasteiger partial charge in [0.15, 0.2) is 9.75 Å². The second-order valence-corrected chi connectivity index (χ2v) is 16.3. The van der Waals surface area contributed by atoms with Gasteiger partial charge in [0.05, 0.1) is 17.5 Å². The fraction of sp³-hybridized carbons (Fsp3) is 0.333. The van der Waals surface area contributed by atoms with Gasteiger partial charge in [-0.2, -0.15) is 0 Å². The lowest BCUT2D eigenvalue weighted by atomic mass is 9.56. The monoisotopic (exact) mass is 751 g/mol. The number of carbonyl (C=O) groups excluding carboxylic acids is 4. The number of carbonyl (C=O) groups is 4. The van der Waals surface area contributed by atoms with Crippen LogP contribution in [-0.2, 0) is 25.7 Å². The average molecular weight is 753 g/mol.